The molecule has 0 bridgehead atoms. The Morgan fingerprint density at radius 2 is 1.39 bits per heavy atom. The molecule has 1 aromatic carbocycles. The highest BCUT2D eigenvalue weighted by Gasteiger charge is 2.09. The van der Waals surface area contributed by atoms with Crippen molar-refractivity contribution in [3.05, 3.63) is 30.3 Å². The molecule has 0 aliphatic rings. The molecule has 0 unspecified atom stereocenters. The highest BCUT2D eigenvalue weighted by molar-refractivity contribution is 6.69. The fourth-order valence-electron chi connectivity index (χ4n) is 1.07. The lowest BCUT2D eigenvalue weighted by atomic mass is 10.4. The minimum atomic E-state index is -1.13. The van der Waals surface area contributed by atoms with Crippen LogP contribution < -0.4 is 5.19 Å². The van der Waals surface area contributed by atoms with E-state index in [9.17, 15) is 0 Å². The summed E-state index contributed by atoms with van der Waals surface area (Å²) < 4.78 is 15.4. The third-order valence-electron chi connectivity index (χ3n) is 2.38. The number of hydrogen-bond acceptors (Lipinski definition) is 3. The zero-order chi connectivity index (χ0) is 14.0. The van der Waals surface area contributed by atoms with E-state index < -0.39 is 17.8 Å². The summed E-state index contributed by atoms with van der Waals surface area (Å²) in [4.78, 5) is 0. The van der Waals surface area contributed by atoms with Gasteiger partial charge in [-0.3, -0.25) is 0 Å². The molecule has 0 spiro atoms. The van der Waals surface area contributed by atoms with Gasteiger partial charge in [0.2, 0.25) is 0 Å². The van der Waals surface area contributed by atoms with E-state index in [1.807, 2.05) is 18.2 Å². The monoisotopic (exact) mass is 286 g/mol. The number of methoxy groups -OCH3 is 2. The predicted molar refractivity (Wildman–Crippen MR) is 82.8 cm³/mol. The van der Waals surface area contributed by atoms with Gasteiger partial charge < -0.3 is 13.9 Å². The smallest absolute Gasteiger partial charge is 0.183 e. The third-order valence-corrected chi connectivity index (χ3v) is 5.55. The lowest BCUT2D eigenvalue weighted by Gasteiger charge is -2.12. The predicted octanol–water partition coefficient (Wildman–Crippen LogP) is 1.52. The Balaban J connectivity index is 0.000000411. The average molecular weight is 287 g/mol. The molecule has 18 heavy (non-hydrogen) atoms. The number of rotatable bonds is 5. The van der Waals surface area contributed by atoms with Gasteiger partial charge in [0.25, 0.3) is 0 Å². The first-order chi connectivity index (χ1) is 8.42. The largest absolute Gasteiger partial charge is 0.421 e. The second kappa shape index (κ2) is 9.46. The molecule has 0 N–H and O–H groups in total. The fourth-order valence-corrected chi connectivity index (χ4v) is 2.33. The highest BCUT2D eigenvalue weighted by Crippen LogP contribution is 1.97. The van der Waals surface area contributed by atoms with Crippen LogP contribution in [0.3, 0.4) is 0 Å². The van der Waals surface area contributed by atoms with Gasteiger partial charge in [0, 0.05) is 21.3 Å². The van der Waals surface area contributed by atoms with E-state index in [2.05, 4.69) is 31.8 Å². The Labute approximate surface area is 114 Å². The number of benzene rings is 1. The summed E-state index contributed by atoms with van der Waals surface area (Å²) in [5, 5.41) is 1.37. The van der Waals surface area contributed by atoms with Crippen molar-refractivity contribution in [2.45, 2.75) is 25.6 Å². The summed E-state index contributed by atoms with van der Waals surface area (Å²) in [6.07, 6.45) is 0. The van der Waals surface area contributed by atoms with Gasteiger partial charge in [-0.25, -0.2) is 0 Å². The van der Waals surface area contributed by atoms with Crippen molar-refractivity contribution in [1.29, 1.82) is 0 Å². The molecule has 0 aromatic heterocycles. The Hall–Kier alpha value is -0.466. The minimum Gasteiger partial charge on any atom is -0.421 e. The van der Waals surface area contributed by atoms with Crippen LogP contribution in [0.2, 0.25) is 19.6 Å². The summed E-state index contributed by atoms with van der Waals surface area (Å²) >= 11 is 0. The van der Waals surface area contributed by atoms with Gasteiger partial charge in [-0.1, -0.05) is 35.5 Å². The van der Waals surface area contributed by atoms with Crippen molar-refractivity contribution in [2.75, 3.05) is 21.3 Å². The lowest BCUT2D eigenvalue weighted by molar-refractivity contribution is -0.0429. The standard InChI is InChI=1S/C9H14O2Si.C4H12OSi/c1-10-9(11-2)12-8-6-4-3-5-7-8;1-5-6(2,3)4/h3-7,9H,12H2,1-2H3;1-4H3. The van der Waals surface area contributed by atoms with E-state index in [0.29, 0.717) is 0 Å². The van der Waals surface area contributed by atoms with Crippen LogP contribution in [0.4, 0.5) is 0 Å². The molecule has 104 valence electrons. The second-order valence-electron chi connectivity index (χ2n) is 4.91. The van der Waals surface area contributed by atoms with Crippen LogP contribution in [0.5, 0.6) is 0 Å². The first-order valence-electron chi connectivity index (χ1n) is 6.07. The molecular weight excluding hydrogens is 260 g/mol. The highest BCUT2D eigenvalue weighted by atomic mass is 28.4. The SMILES string of the molecule is COC(OC)[SiH2]c1ccccc1.CO[Si](C)(C)C. The van der Waals surface area contributed by atoms with Crippen molar-refractivity contribution in [3.8, 4) is 0 Å². The maximum absolute atomic E-state index is 5.14. The summed E-state index contributed by atoms with van der Waals surface area (Å²) in [5.74, 6) is 0.00685. The number of hydrogen-bond donors (Lipinski definition) is 0. The first kappa shape index (κ1) is 17.5. The molecule has 0 saturated carbocycles. The summed E-state index contributed by atoms with van der Waals surface area (Å²) in [7, 11) is 3.57. The molecule has 0 fully saturated rings. The van der Waals surface area contributed by atoms with E-state index in [1.54, 1.807) is 21.3 Å². The fraction of sp³-hybridized carbons (Fsp3) is 0.538. The summed E-state index contributed by atoms with van der Waals surface area (Å²) in [6, 6.07) is 10.4. The number of ether oxygens (including phenoxy) is 2. The second-order valence-corrected chi connectivity index (χ2v) is 11.4. The Morgan fingerprint density at radius 1 is 0.944 bits per heavy atom. The molecule has 1 aromatic rings. The first-order valence-corrected chi connectivity index (χ1v) is 11.0. The van der Waals surface area contributed by atoms with Crippen LogP contribution in [-0.2, 0) is 13.9 Å². The molecule has 0 aliphatic heterocycles. The van der Waals surface area contributed by atoms with Gasteiger partial charge in [-0.15, -0.1) is 0 Å². The van der Waals surface area contributed by atoms with Crippen LogP contribution in [0, 0.1) is 0 Å². The van der Waals surface area contributed by atoms with Crippen molar-refractivity contribution in [2.24, 2.45) is 0 Å². The molecular formula is C13H26O3Si2. The van der Waals surface area contributed by atoms with Gasteiger partial charge >= 0.3 is 0 Å². The molecule has 0 radical (unpaired) electrons. The molecule has 0 aliphatic carbocycles. The minimum absolute atomic E-state index is 0.00685. The quantitative estimate of drug-likeness (QED) is 0.607. The van der Waals surface area contributed by atoms with Crippen LogP contribution in [0.1, 0.15) is 0 Å². The Bertz CT molecular complexity index is 295. The Morgan fingerprint density at radius 3 is 1.72 bits per heavy atom. The van der Waals surface area contributed by atoms with Gasteiger partial charge in [0.05, 0.1) is 0 Å². The zero-order valence-electron chi connectivity index (χ0n) is 12.4. The van der Waals surface area contributed by atoms with Crippen molar-refractivity contribution in [1.82, 2.24) is 0 Å². The van der Waals surface area contributed by atoms with Gasteiger partial charge in [0.1, 0.15) is 15.4 Å². The summed E-state index contributed by atoms with van der Waals surface area (Å²) in [6.45, 7) is 6.48. The van der Waals surface area contributed by atoms with E-state index in [0.717, 1.165) is 0 Å². The molecule has 1 rings (SSSR count). The van der Waals surface area contributed by atoms with E-state index in [1.165, 1.54) is 5.19 Å². The van der Waals surface area contributed by atoms with Crippen LogP contribution in [0.25, 0.3) is 0 Å². The summed E-state index contributed by atoms with van der Waals surface area (Å²) in [5.41, 5.74) is 0. The van der Waals surface area contributed by atoms with Crippen LogP contribution in [0.15, 0.2) is 30.3 Å². The van der Waals surface area contributed by atoms with Gasteiger partial charge in [0.15, 0.2) is 8.32 Å². The van der Waals surface area contributed by atoms with E-state index in [-0.39, 0.29) is 5.91 Å². The topological polar surface area (TPSA) is 27.7 Å². The molecule has 0 saturated heterocycles. The molecule has 0 heterocycles. The van der Waals surface area contributed by atoms with Crippen molar-refractivity contribution in [3.63, 3.8) is 0 Å². The molecule has 5 heteroatoms. The average Bonchev–Trinajstić information content (AvgIpc) is 2.37. The van der Waals surface area contributed by atoms with Crippen LogP contribution >= 0.6 is 0 Å². The normalized spacial score (nSPS) is 11.7. The van der Waals surface area contributed by atoms with Crippen molar-refractivity contribution < 1.29 is 13.9 Å². The van der Waals surface area contributed by atoms with E-state index >= 15 is 0 Å². The maximum atomic E-state index is 5.14. The third kappa shape index (κ3) is 9.55. The zero-order valence-corrected chi connectivity index (χ0v) is 14.8. The molecule has 0 amide bonds. The molecule has 0 atom stereocenters. The lowest BCUT2D eigenvalue weighted by Crippen LogP contribution is -2.30. The Kier molecular flexibility index (Phi) is 9.22. The van der Waals surface area contributed by atoms with Gasteiger partial charge in [-0.05, 0) is 19.6 Å². The van der Waals surface area contributed by atoms with Gasteiger partial charge in [-0.2, -0.15) is 0 Å². The maximum Gasteiger partial charge on any atom is 0.183 e. The molecule has 3 nitrogen and oxygen atoms in total. The van der Waals surface area contributed by atoms with Crippen molar-refractivity contribution >= 4 is 23.0 Å². The van der Waals surface area contributed by atoms with Crippen LogP contribution in [-0.4, -0.2) is 45.1 Å². The van der Waals surface area contributed by atoms with E-state index in [4.69, 9.17) is 13.9 Å².